The molecule has 0 aliphatic rings. The molecule has 0 fully saturated rings. The largest absolute Gasteiger partial charge is 0.484 e. The van der Waals surface area contributed by atoms with Crippen LogP contribution in [0.2, 0.25) is 0 Å². The number of aromatic amines is 1. The number of ether oxygens (including phenoxy) is 1. The van der Waals surface area contributed by atoms with E-state index < -0.39 is 0 Å². The average molecular weight is 352 g/mol. The van der Waals surface area contributed by atoms with Gasteiger partial charge in [-0.15, -0.1) is 0 Å². The maximum absolute atomic E-state index is 11.8. The van der Waals surface area contributed by atoms with Gasteiger partial charge < -0.3 is 10.1 Å². The molecule has 1 amide bonds. The molecule has 0 aliphatic heterocycles. The highest BCUT2D eigenvalue weighted by Crippen LogP contribution is 2.22. The topological polar surface area (TPSA) is 67.0 Å². The number of amides is 1. The van der Waals surface area contributed by atoms with E-state index in [9.17, 15) is 4.79 Å². The number of H-pyrrole nitrogens is 1. The fourth-order valence-electron chi connectivity index (χ4n) is 1.63. The monoisotopic (exact) mass is 351 g/mol. The van der Waals surface area contributed by atoms with E-state index in [1.54, 1.807) is 12.1 Å². The van der Waals surface area contributed by atoms with Crippen molar-refractivity contribution in [1.29, 1.82) is 0 Å². The zero-order valence-electron chi connectivity index (χ0n) is 12.2. The Morgan fingerprint density at radius 1 is 1.33 bits per heavy atom. The van der Waals surface area contributed by atoms with Crippen LogP contribution in [-0.2, 0) is 10.2 Å². The number of anilines is 1. The second-order valence-corrected chi connectivity index (χ2v) is 6.62. The lowest BCUT2D eigenvalue weighted by atomic mass is 9.92. The molecular formula is C15H18BrN3O2. The van der Waals surface area contributed by atoms with Crippen LogP contribution in [0, 0.1) is 0 Å². The molecule has 0 atom stereocenters. The number of aromatic nitrogens is 2. The molecular weight excluding hydrogens is 334 g/mol. The van der Waals surface area contributed by atoms with Crippen molar-refractivity contribution in [2.24, 2.45) is 0 Å². The predicted octanol–water partition coefficient (Wildman–Crippen LogP) is 3.49. The van der Waals surface area contributed by atoms with E-state index in [1.165, 1.54) is 0 Å². The Hall–Kier alpha value is -1.82. The van der Waals surface area contributed by atoms with E-state index in [-0.39, 0.29) is 17.9 Å². The van der Waals surface area contributed by atoms with Gasteiger partial charge in [0.2, 0.25) is 0 Å². The maximum atomic E-state index is 11.8. The number of rotatable bonds is 4. The van der Waals surface area contributed by atoms with E-state index in [1.807, 2.05) is 18.2 Å². The normalized spacial score (nSPS) is 11.2. The van der Waals surface area contributed by atoms with Crippen LogP contribution in [0.25, 0.3) is 0 Å². The highest BCUT2D eigenvalue weighted by atomic mass is 79.9. The second kappa shape index (κ2) is 6.30. The van der Waals surface area contributed by atoms with E-state index in [2.05, 4.69) is 52.2 Å². The third-order valence-electron chi connectivity index (χ3n) is 2.84. The standard InChI is InChI=1S/C15H18BrN3O2/c1-15(2,3)12-8-13(19-18-12)17-14(20)9-21-11-6-4-10(16)5-7-11/h4-8H,9H2,1-3H3,(H2,17,18,19,20). The molecule has 112 valence electrons. The number of halogens is 1. The highest BCUT2D eigenvalue weighted by Gasteiger charge is 2.17. The molecule has 0 radical (unpaired) electrons. The van der Waals surface area contributed by atoms with Crippen LogP contribution in [0.15, 0.2) is 34.8 Å². The first-order valence-corrected chi connectivity index (χ1v) is 7.38. The predicted molar refractivity (Wildman–Crippen MR) is 85.6 cm³/mol. The molecule has 5 nitrogen and oxygen atoms in total. The quantitative estimate of drug-likeness (QED) is 0.885. The summed E-state index contributed by atoms with van der Waals surface area (Å²) >= 11 is 3.34. The van der Waals surface area contributed by atoms with Crippen LogP contribution in [0.4, 0.5) is 5.82 Å². The smallest absolute Gasteiger partial charge is 0.263 e. The van der Waals surface area contributed by atoms with Gasteiger partial charge in [-0.3, -0.25) is 9.89 Å². The van der Waals surface area contributed by atoms with Crippen LogP contribution >= 0.6 is 15.9 Å². The lowest BCUT2D eigenvalue weighted by molar-refractivity contribution is -0.118. The summed E-state index contributed by atoms with van der Waals surface area (Å²) in [7, 11) is 0. The Morgan fingerprint density at radius 2 is 2.00 bits per heavy atom. The minimum Gasteiger partial charge on any atom is -0.484 e. The van der Waals surface area contributed by atoms with E-state index in [0.29, 0.717) is 11.6 Å². The van der Waals surface area contributed by atoms with Crippen molar-refractivity contribution in [2.45, 2.75) is 26.2 Å². The lowest BCUT2D eigenvalue weighted by Crippen LogP contribution is -2.20. The van der Waals surface area contributed by atoms with Gasteiger partial charge in [-0.05, 0) is 24.3 Å². The number of carbonyl (C=O) groups is 1. The number of hydrogen-bond acceptors (Lipinski definition) is 3. The van der Waals surface area contributed by atoms with Crippen LogP contribution < -0.4 is 10.1 Å². The first kappa shape index (κ1) is 15.6. The van der Waals surface area contributed by atoms with Crippen molar-refractivity contribution < 1.29 is 9.53 Å². The molecule has 0 saturated carbocycles. The van der Waals surface area contributed by atoms with Gasteiger partial charge in [-0.25, -0.2) is 0 Å². The Bertz CT molecular complexity index is 615. The molecule has 2 aromatic rings. The Kier molecular flexibility index (Phi) is 4.67. The van der Waals surface area contributed by atoms with Crippen molar-refractivity contribution in [3.05, 3.63) is 40.5 Å². The Balaban J connectivity index is 1.87. The van der Waals surface area contributed by atoms with Crippen LogP contribution in [0.5, 0.6) is 5.75 Å². The fourth-order valence-corrected chi connectivity index (χ4v) is 1.89. The van der Waals surface area contributed by atoms with E-state index in [4.69, 9.17) is 4.74 Å². The van der Waals surface area contributed by atoms with Gasteiger partial charge in [-0.1, -0.05) is 36.7 Å². The molecule has 1 aromatic heterocycles. The third kappa shape index (κ3) is 4.60. The van der Waals surface area contributed by atoms with Gasteiger partial charge in [0.15, 0.2) is 12.4 Å². The minimum atomic E-state index is -0.245. The first-order valence-electron chi connectivity index (χ1n) is 6.59. The Labute approximate surface area is 132 Å². The molecule has 1 heterocycles. The summed E-state index contributed by atoms with van der Waals surface area (Å²) in [5, 5.41) is 9.69. The van der Waals surface area contributed by atoms with Gasteiger partial charge in [0.05, 0.1) is 0 Å². The van der Waals surface area contributed by atoms with Gasteiger partial charge in [0, 0.05) is 21.6 Å². The van der Waals surface area contributed by atoms with Gasteiger partial charge in [0.1, 0.15) is 5.75 Å². The molecule has 0 aliphatic carbocycles. The van der Waals surface area contributed by atoms with Crippen LogP contribution in [0.3, 0.4) is 0 Å². The number of hydrogen-bond donors (Lipinski definition) is 2. The molecule has 0 bridgehead atoms. The number of nitrogens with one attached hydrogen (secondary N) is 2. The fraction of sp³-hybridized carbons (Fsp3) is 0.333. The van der Waals surface area contributed by atoms with Crippen molar-refractivity contribution in [1.82, 2.24) is 10.2 Å². The summed E-state index contributed by atoms with van der Waals surface area (Å²) in [5.41, 5.74) is 0.927. The van der Waals surface area contributed by atoms with Crippen LogP contribution in [0.1, 0.15) is 26.5 Å². The van der Waals surface area contributed by atoms with Crippen molar-refractivity contribution in [2.75, 3.05) is 11.9 Å². The molecule has 0 spiro atoms. The summed E-state index contributed by atoms with van der Waals surface area (Å²) in [6.07, 6.45) is 0. The van der Waals surface area contributed by atoms with Crippen molar-refractivity contribution in [3.8, 4) is 5.75 Å². The summed E-state index contributed by atoms with van der Waals surface area (Å²) < 4.78 is 6.36. The summed E-state index contributed by atoms with van der Waals surface area (Å²) in [5.74, 6) is 0.903. The van der Waals surface area contributed by atoms with Crippen LogP contribution in [-0.4, -0.2) is 22.7 Å². The van der Waals surface area contributed by atoms with Gasteiger partial charge in [-0.2, -0.15) is 5.10 Å². The Morgan fingerprint density at radius 3 is 2.57 bits per heavy atom. The molecule has 0 unspecified atom stereocenters. The molecule has 2 rings (SSSR count). The molecule has 0 saturated heterocycles. The van der Waals surface area contributed by atoms with Crippen molar-refractivity contribution in [3.63, 3.8) is 0 Å². The summed E-state index contributed by atoms with van der Waals surface area (Å²) in [6.45, 7) is 6.16. The average Bonchev–Trinajstić information content (AvgIpc) is 2.86. The number of carbonyl (C=O) groups excluding carboxylic acids is 1. The SMILES string of the molecule is CC(C)(C)c1cc(NC(=O)COc2ccc(Br)cc2)n[nH]1. The minimum absolute atomic E-state index is 0.0378. The van der Waals surface area contributed by atoms with Gasteiger partial charge >= 0.3 is 0 Å². The zero-order chi connectivity index (χ0) is 15.5. The maximum Gasteiger partial charge on any atom is 0.263 e. The van der Waals surface area contributed by atoms with E-state index >= 15 is 0 Å². The third-order valence-corrected chi connectivity index (χ3v) is 3.37. The van der Waals surface area contributed by atoms with Crippen molar-refractivity contribution >= 4 is 27.7 Å². The number of benzene rings is 1. The second-order valence-electron chi connectivity index (χ2n) is 5.71. The molecule has 6 heteroatoms. The first-order chi connectivity index (χ1) is 9.84. The molecule has 21 heavy (non-hydrogen) atoms. The van der Waals surface area contributed by atoms with Gasteiger partial charge in [0.25, 0.3) is 5.91 Å². The van der Waals surface area contributed by atoms with E-state index in [0.717, 1.165) is 10.2 Å². The summed E-state index contributed by atoms with van der Waals surface area (Å²) in [6, 6.07) is 9.14. The highest BCUT2D eigenvalue weighted by molar-refractivity contribution is 9.10. The lowest BCUT2D eigenvalue weighted by Gasteiger charge is -2.14. The zero-order valence-corrected chi connectivity index (χ0v) is 13.8. The number of nitrogens with zero attached hydrogens (tertiary/aromatic N) is 1. The molecule has 1 aromatic carbocycles. The molecule has 2 N–H and O–H groups in total. The summed E-state index contributed by atoms with van der Waals surface area (Å²) in [4.78, 5) is 11.8.